The molecule has 0 spiro atoms. The number of pyridine rings is 1. The van der Waals surface area contributed by atoms with Gasteiger partial charge < -0.3 is 18.8 Å². The number of ether oxygens (including phenoxy) is 3. The Bertz CT molecular complexity index is 910. The molecule has 0 bridgehead atoms. The lowest BCUT2D eigenvalue weighted by atomic mass is 9.95. The van der Waals surface area contributed by atoms with Gasteiger partial charge in [0, 0.05) is 36.3 Å². The van der Waals surface area contributed by atoms with E-state index in [1.807, 2.05) is 49.9 Å². The van der Waals surface area contributed by atoms with Crippen molar-refractivity contribution in [2.45, 2.75) is 19.4 Å². The van der Waals surface area contributed by atoms with E-state index in [1.54, 1.807) is 7.11 Å². The average Bonchev–Trinajstić information content (AvgIpc) is 3.38. The van der Waals surface area contributed by atoms with Crippen LogP contribution < -0.4 is 9.47 Å². The molecule has 1 aromatic carbocycles. The molecule has 3 aromatic rings. The third-order valence-corrected chi connectivity index (χ3v) is 5.16. The van der Waals surface area contributed by atoms with Gasteiger partial charge in [0.05, 0.1) is 33.0 Å². The van der Waals surface area contributed by atoms with Crippen LogP contribution in [0.25, 0.3) is 11.4 Å². The van der Waals surface area contributed by atoms with E-state index in [9.17, 15) is 0 Å². The van der Waals surface area contributed by atoms with Gasteiger partial charge in [-0.15, -0.1) is 0 Å². The van der Waals surface area contributed by atoms with Crippen LogP contribution in [0.2, 0.25) is 0 Å². The highest BCUT2D eigenvalue weighted by atomic mass is 16.5. The Hall–Kier alpha value is -2.86. The number of hydrogen-bond acceptors (Lipinski definition) is 5. The van der Waals surface area contributed by atoms with Gasteiger partial charge in [0.1, 0.15) is 5.82 Å². The van der Waals surface area contributed by atoms with Crippen LogP contribution in [0, 0.1) is 5.92 Å². The van der Waals surface area contributed by atoms with Crippen molar-refractivity contribution in [3.63, 3.8) is 0 Å². The number of benzene rings is 1. The standard InChI is InChI=1S/C22H25N3O3/c1-3-28-20-5-4-17(13-21(20)26-2)22-24-10-11-25(22)19-15-27-14-18(19)12-16-6-8-23-9-7-16/h4-11,13,18-19H,3,12,14-15H2,1-2H3/t18-,19-/m1/s1. The first-order valence-electron chi connectivity index (χ1n) is 9.60. The molecule has 1 aliphatic rings. The van der Waals surface area contributed by atoms with E-state index in [-0.39, 0.29) is 6.04 Å². The van der Waals surface area contributed by atoms with Gasteiger partial charge in [0.25, 0.3) is 0 Å². The van der Waals surface area contributed by atoms with Gasteiger partial charge in [-0.2, -0.15) is 0 Å². The minimum atomic E-state index is 0.239. The SMILES string of the molecule is CCOc1ccc(-c2nccn2[C@@H]2COC[C@H]2Cc2ccncc2)cc1OC. The first kappa shape index (κ1) is 18.5. The van der Waals surface area contributed by atoms with Crippen LogP contribution in [0.4, 0.5) is 0 Å². The fraction of sp³-hybridized carbons (Fsp3) is 0.364. The van der Waals surface area contributed by atoms with Gasteiger partial charge in [-0.25, -0.2) is 4.98 Å². The van der Waals surface area contributed by atoms with E-state index in [0.29, 0.717) is 24.9 Å². The molecule has 1 aliphatic heterocycles. The fourth-order valence-corrected chi connectivity index (χ4v) is 3.80. The normalized spacial score (nSPS) is 18.9. The van der Waals surface area contributed by atoms with E-state index >= 15 is 0 Å². The summed E-state index contributed by atoms with van der Waals surface area (Å²) in [7, 11) is 1.66. The molecule has 3 heterocycles. The molecule has 0 radical (unpaired) electrons. The zero-order chi connectivity index (χ0) is 19.3. The Labute approximate surface area is 165 Å². The highest BCUT2D eigenvalue weighted by molar-refractivity contribution is 5.61. The minimum Gasteiger partial charge on any atom is -0.493 e. The van der Waals surface area contributed by atoms with Crippen LogP contribution in [0.15, 0.2) is 55.1 Å². The molecule has 0 aliphatic carbocycles. The van der Waals surface area contributed by atoms with Crippen molar-refractivity contribution in [2.24, 2.45) is 5.92 Å². The highest BCUT2D eigenvalue weighted by Gasteiger charge is 2.31. The number of hydrogen-bond donors (Lipinski definition) is 0. The molecule has 1 fully saturated rings. The van der Waals surface area contributed by atoms with Crippen molar-refractivity contribution in [1.29, 1.82) is 0 Å². The lowest BCUT2D eigenvalue weighted by molar-refractivity contribution is 0.181. The Kier molecular flexibility index (Phi) is 5.58. The zero-order valence-electron chi connectivity index (χ0n) is 16.2. The van der Waals surface area contributed by atoms with Crippen LogP contribution in [0.1, 0.15) is 18.5 Å². The molecule has 2 aromatic heterocycles. The zero-order valence-corrected chi connectivity index (χ0v) is 16.2. The number of rotatable bonds is 7. The Balaban J connectivity index is 1.62. The maximum atomic E-state index is 5.84. The molecule has 146 valence electrons. The molecular weight excluding hydrogens is 354 g/mol. The molecule has 6 heteroatoms. The van der Waals surface area contributed by atoms with Gasteiger partial charge in [-0.3, -0.25) is 4.98 Å². The second kappa shape index (κ2) is 8.44. The largest absolute Gasteiger partial charge is 0.493 e. The van der Waals surface area contributed by atoms with Crippen LogP contribution in [-0.2, 0) is 11.2 Å². The minimum absolute atomic E-state index is 0.239. The summed E-state index contributed by atoms with van der Waals surface area (Å²) in [5.74, 6) is 2.76. The second-order valence-electron chi connectivity index (χ2n) is 6.88. The van der Waals surface area contributed by atoms with Crippen LogP contribution in [0.5, 0.6) is 11.5 Å². The third kappa shape index (κ3) is 3.73. The number of nitrogens with zero attached hydrogens (tertiary/aromatic N) is 3. The number of aromatic nitrogens is 3. The first-order chi connectivity index (χ1) is 13.8. The summed E-state index contributed by atoms with van der Waals surface area (Å²) in [5.41, 5.74) is 2.28. The van der Waals surface area contributed by atoms with E-state index in [1.165, 1.54) is 5.56 Å². The molecule has 2 atom stereocenters. The second-order valence-corrected chi connectivity index (χ2v) is 6.88. The summed E-state index contributed by atoms with van der Waals surface area (Å²) < 4.78 is 19.2. The van der Waals surface area contributed by atoms with Crippen molar-refractivity contribution >= 4 is 0 Å². The fourth-order valence-electron chi connectivity index (χ4n) is 3.80. The number of methoxy groups -OCH3 is 1. The van der Waals surface area contributed by atoms with Crippen molar-refractivity contribution in [2.75, 3.05) is 26.9 Å². The predicted molar refractivity (Wildman–Crippen MR) is 107 cm³/mol. The van der Waals surface area contributed by atoms with E-state index < -0.39 is 0 Å². The summed E-state index contributed by atoms with van der Waals surface area (Å²) in [6.07, 6.45) is 8.53. The molecule has 28 heavy (non-hydrogen) atoms. The molecule has 0 N–H and O–H groups in total. The number of imidazole rings is 1. The Morgan fingerprint density at radius 3 is 2.75 bits per heavy atom. The van der Waals surface area contributed by atoms with Gasteiger partial charge in [0.2, 0.25) is 0 Å². The first-order valence-corrected chi connectivity index (χ1v) is 9.60. The highest BCUT2D eigenvalue weighted by Crippen LogP contribution is 2.36. The molecule has 4 rings (SSSR count). The summed E-state index contributed by atoms with van der Waals surface area (Å²) in [4.78, 5) is 8.74. The molecule has 1 saturated heterocycles. The maximum Gasteiger partial charge on any atom is 0.161 e. The monoisotopic (exact) mass is 379 g/mol. The van der Waals surface area contributed by atoms with Crippen molar-refractivity contribution < 1.29 is 14.2 Å². The van der Waals surface area contributed by atoms with Crippen molar-refractivity contribution in [1.82, 2.24) is 14.5 Å². The molecular formula is C22H25N3O3. The molecule has 6 nitrogen and oxygen atoms in total. The van der Waals surface area contributed by atoms with E-state index in [0.717, 1.165) is 30.2 Å². The predicted octanol–water partition coefficient (Wildman–Crippen LogP) is 3.78. The molecule has 0 saturated carbocycles. The van der Waals surface area contributed by atoms with Gasteiger partial charge in [0.15, 0.2) is 11.5 Å². The lowest BCUT2D eigenvalue weighted by Gasteiger charge is -2.21. The van der Waals surface area contributed by atoms with Gasteiger partial charge in [-0.1, -0.05) is 0 Å². The van der Waals surface area contributed by atoms with E-state index in [4.69, 9.17) is 14.2 Å². The van der Waals surface area contributed by atoms with Gasteiger partial charge >= 0.3 is 0 Å². The van der Waals surface area contributed by atoms with Gasteiger partial charge in [-0.05, 0) is 49.2 Å². The van der Waals surface area contributed by atoms with Crippen LogP contribution >= 0.6 is 0 Å². The Morgan fingerprint density at radius 2 is 1.96 bits per heavy atom. The van der Waals surface area contributed by atoms with E-state index in [2.05, 4.69) is 26.7 Å². The summed E-state index contributed by atoms with van der Waals surface area (Å²) >= 11 is 0. The average molecular weight is 379 g/mol. The summed E-state index contributed by atoms with van der Waals surface area (Å²) in [6.45, 7) is 3.99. The molecule has 0 amide bonds. The third-order valence-electron chi connectivity index (χ3n) is 5.16. The summed E-state index contributed by atoms with van der Waals surface area (Å²) in [6, 6.07) is 10.3. The lowest BCUT2D eigenvalue weighted by Crippen LogP contribution is -2.20. The van der Waals surface area contributed by atoms with Crippen molar-refractivity contribution in [3.05, 3.63) is 60.7 Å². The molecule has 0 unspecified atom stereocenters. The quantitative estimate of drug-likeness (QED) is 0.625. The van der Waals surface area contributed by atoms with Crippen LogP contribution in [0.3, 0.4) is 0 Å². The smallest absolute Gasteiger partial charge is 0.161 e. The van der Waals surface area contributed by atoms with Crippen molar-refractivity contribution in [3.8, 4) is 22.9 Å². The van der Waals surface area contributed by atoms with Crippen LogP contribution in [-0.4, -0.2) is 41.5 Å². The maximum absolute atomic E-state index is 5.84. The summed E-state index contributed by atoms with van der Waals surface area (Å²) in [5, 5.41) is 0. The topological polar surface area (TPSA) is 58.4 Å². The Morgan fingerprint density at radius 1 is 1.11 bits per heavy atom.